The monoisotopic (exact) mass is 417 g/mol. The summed E-state index contributed by atoms with van der Waals surface area (Å²) < 4.78 is 5.87. The zero-order valence-corrected chi connectivity index (χ0v) is 18.2. The summed E-state index contributed by atoms with van der Waals surface area (Å²) in [6.45, 7) is 2.01. The number of rotatable bonds is 5. The predicted molar refractivity (Wildman–Crippen MR) is 119 cm³/mol. The van der Waals surface area contributed by atoms with Gasteiger partial charge in [0.25, 0.3) is 0 Å². The van der Waals surface area contributed by atoms with Gasteiger partial charge in [0.1, 0.15) is 5.75 Å². The lowest BCUT2D eigenvalue weighted by atomic mass is 9.48. The number of carboxylic acids is 1. The zero-order valence-electron chi connectivity index (χ0n) is 18.2. The van der Waals surface area contributed by atoms with E-state index in [2.05, 4.69) is 12.1 Å². The molecule has 31 heavy (non-hydrogen) atoms. The van der Waals surface area contributed by atoms with Gasteiger partial charge < -0.3 is 14.9 Å². The second-order valence-corrected chi connectivity index (χ2v) is 9.99. The molecule has 0 unspecified atom stereocenters. The van der Waals surface area contributed by atoms with Crippen molar-refractivity contribution in [3.63, 3.8) is 0 Å². The normalized spacial score (nSPS) is 28.9. The molecule has 1 N–H and O–H groups in total. The number of hydrogen-bond acceptors (Lipinski definition) is 3. The third-order valence-electron chi connectivity index (χ3n) is 7.87. The Bertz CT molecular complexity index is 1030. The van der Waals surface area contributed by atoms with E-state index in [1.165, 1.54) is 56.2 Å². The minimum atomic E-state index is -1.00. The number of aryl methyl sites for hydroxylation is 1. The lowest BCUT2D eigenvalue weighted by Crippen LogP contribution is -2.48. The number of carboxylic acid groups (broad SMARTS) is 1. The molecule has 4 saturated carbocycles. The molecule has 162 valence electrons. The second-order valence-electron chi connectivity index (χ2n) is 9.99. The zero-order chi connectivity index (χ0) is 21.8. The Balaban J connectivity index is 1.62. The van der Waals surface area contributed by atoms with Crippen molar-refractivity contribution in [2.24, 2.45) is 17.8 Å². The van der Waals surface area contributed by atoms with Crippen LogP contribution < -0.4 is 9.84 Å². The van der Waals surface area contributed by atoms with Crippen LogP contribution in [0.3, 0.4) is 0 Å². The highest BCUT2D eigenvalue weighted by Crippen LogP contribution is 2.62. The molecule has 0 aromatic heterocycles. The van der Waals surface area contributed by atoms with E-state index in [9.17, 15) is 9.90 Å². The van der Waals surface area contributed by atoms with Gasteiger partial charge in [-0.15, -0.1) is 5.75 Å². The van der Waals surface area contributed by atoms with Crippen molar-refractivity contribution >= 4 is 12.0 Å². The molecule has 4 aliphatic carbocycles. The summed E-state index contributed by atoms with van der Waals surface area (Å²) in [7, 11) is 1.74. The fourth-order valence-corrected chi connectivity index (χ4v) is 7.02. The molecule has 4 fully saturated rings. The molecule has 4 nitrogen and oxygen atoms in total. The van der Waals surface area contributed by atoms with Crippen LogP contribution in [0.1, 0.15) is 55.2 Å². The Morgan fingerprint density at radius 2 is 1.71 bits per heavy atom. The molecule has 0 amide bonds. The van der Waals surface area contributed by atoms with E-state index in [4.69, 9.17) is 9.84 Å². The van der Waals surface area contributed by atoms with Gasteiger partial charge in [0.15, 0.2) is 0 Å². The van der Waals surface area contributed by atoms with Gasteiger partial charge >= 0.3 is 5.97 Å². The molecule has 0 atom stereocenters. The summed E-state index contributed by atoms with van der Waals surface area (Å²) in [6, 6.07) is 9.31. The van der Waals surface area contributed by atoms with Crippen LogP contribution in [0.4, 0.5) is 0 Å². The first kappa shape index (κ1) is 20.2. The van der Waals surface area contributed by atoms with Gasteiger partial charge in [-0.05, 0) is 115 Å². The van der Waals surface area contributed by atoms with Crippen molar-refractivity contribution in [1.29, 1.82) is 0 Å². The van der Waals surface area contributed by atoms with Crippen molar-refractivity contribution in [3.8, 4) is 22.6 Å². The van der Waals surface area contributed by atoms with Crippen molar-refractivity contribution in [2.45, 2.75) is 50.9 Å². The van der Waals surface area contributed by atoms with Crippen LogP contribution in [0.5, 0.6) is 11.5 Å². The molecule has 2 aromatic rings. The lowest BCUT2D eigenvalue weighted by molar-refractivity contribution is -0.267. The molecule has 0 heterocycles. The molecule has 2 aromatic carbocycles. The number of methoxy groups -OCH3 is 1. The lowest BCUT2D eigenvalue weighted by Gasteiger charge is -2.57. The van der Waals surface area contributed by atoms with E-state index in [-0.39, 0.29) is 11.2 Å². The largest absolute Gasteiger partial charge is 0.872 e. The Hall–Kier alpha value is -2.75. The summed E-state index contributed by atoms with van der Waals surface area (Å²) in [5.74, 6) is 2.35. The molecule has 0 aliphatic heterocycles. The van der Waals surface area contributed by atoms with Crippen LogP contribution in [0.2, 0.25) is 0 Å². The van der Waals surface area contributed by atoms with Crippen LogP contribution in [0, 0.1) is 24.7 Å². The maximum atomic E-state index is 12.8. The van der Waals surface area contributed by atoms with Crippen molar-refractivity contribution in [3.05, 3.63) is 53.1 Å². The minimum absolute atomic E-state index is 0.0443. The fraction of sp³-hybridized carbons (Fsp3) is 0.444. The van der Waals surface area contributed by atoms with Gasteiger partial charge in [-0.3, -0.25) is 0 Å². The first-order chi connectivity index (χ1) is 14.9. The number of carbonyl (C=O) groups is 1. The van der Waals surface area contributed by atoms with Crippen LogP contribution in [-0.2, 0) is 10.2 Å². The molecule has 4 aliphatic rings. The topological polar surface area (TPSA) is 69.6 Å². The van der Waals surface area contributed by atoms with Crippen LogP contribution in [-0.4, -0.2) is 18.2 Å². The Labute approximate surface area is 183 Å². The number of benzene rings is 2. The SMILES string of the molecule is COc1cc(C)c(-c2cc(/C=C/C(=O)O)ccc2[O-])cc1C12CC3CC(CC(C3)C1)C2. The molecule has 4 heteroatoms. The smallest absolute Gasteiger partial charge is 0.328 e. The fourth-order valence-electron chi connectivity index (χ4n) is 7.02. The number of ether oxygens (including phenoxy) is 1. The third-order valence-corrected chi connectivity index (χ3v) is 7.87. The van der Waals surface area contributed by atoms with E-state index in [0.29, 0.717) is 11.1 Å². The number of aliphatic carboxylic acids is 1. The van der Waals surface area contributed by atoms with Crippen LogP contribution in [0.25, 0.3) is 17.2 Å². The maximum Gasteiger partial charge on any atom is 0.328 e. The van der Waals surface area contributed by atoms with Crippen molar-refractivity contribution < 1.29 is 19.7 Å². The van der Waals surface area contributed by atoms with Gasteiger partial charge in [-0.25, -0.2) is 4.79 Å². The summed E-state index contributed by atoms with van der Waals surface area (Å²) >= 11 is 0. The average Bonchev–Trinajstić information content (AvgIpc) is 2.72. The first-order valence-electron chi connectivity index (χ1n) is 11.3. The van der Waals surface area contributed by atoms with Gasteiger partial charge in [-0.1, -0.05) is 12.1 Å². The maximum absolute atomic E-state index is 12.8. The van der Waals surface area contributed by atoms with Gasteiger partial charge in [0, 0.05) is 11.6 Å². The second kappa shape index (κ2) is 7.44. The molecular formula is C27H29O4-. The summed E-state index contributed by atoms with van der Waals surface area (Å²) in [5, 5.41) is 21.7. The molecule has 0 radical (unpaired) electrons. The first-order valence-corrected chi connectivity index (χ1v) is 11.3. The van der Waals surface area contributed by atoms with E-state index in [1.807, 2.05) is 6.92 Å². The van der Waals surface area contributed by atoms with Crippen LogP contribution in [0.15, 0.2) is 36.4 Å². The highest BCUT2D eigenvalue weighted by Gasteiger charge is 2.52. The Morgan fingerprint density at radius 3 is 2.29 bits per heavy atom. The van der Waals surface area contributed by atoms with Gasteiger partial charge in [0.2, 0.25) is 0 Å². The molecule has 6 rings (SSSR count). The predicted octanol–water partition coefficient (Wildman–Crippen LogP) is 5.31. The van der Waals surface area contributed by atoms with Gasteiger partial charge in [-0.2, -0.15) is 0 Å². The summed E-state index contributed by atoms with van der Waals surface area (Å²) in [4.78, 5) is 10.9. The van der Waals surface area contributed by atoms with E-state index in [0.717, 1.165) is 40.7 Å². The molecular weight excluding hydrogens is 388 g/mol. The van der Waals surface area contributed by atoms with Gasteiger partial charge in [0.05, 0.1) is 7.11 Å². The molecule has 0 saturated heterocycles. The Kier molecular flexibility index (Phi) is 4.84. The molecule has 4 bridgehead atoms. The van der Waals surface area contributed by atoms with Crippen molar-refractivity contribution in [2.75, 3.05) is 7.11 Å². The van der Waals surface area contributed by atoms with E-state index < -0.39 is 5.97 Å². The standard InChI is InChI=1S/C27H30O4/c1-16-7-25(31-2)23(27-13-18-8-19(14-27)10-20(9-18)15-27)12-21(16)22-11-17(3-5-24(22)28)4-6-26(29)30/h3-7,11-12,18-20,28H,8-10,13-15H2,1-2H3,(H,29,30)/p-1/b6-4+. The summed E-state index contributed by atoms with van der Waals surface area (Å²) in [5.41, 5.74) is 4.69. The number of hydrogen-bond donors (Lipinski definition) is 1. The summed E-state index contributed by atoms with van der Waals surface area (Å²) in [6.07, 6.45) is 10.4. The van der Waals surface area contributed by atoms with Crippen LogP contribution >= 0.6 is 0 Å². The molecule has 0 spiro atoms. The Morgan fingerprint density at radius 1 is 1.06 bits per heavy atom. The third kappa shape index (κ3) is 3.52. The highest BCUT2D eigenvalue weighted by atomic mass is 16.5. The van der Waals surface area contributed by atoms with E-state index in [1.54, 1.807) is 19.2 Å². The highest BCUT2D eigenvalue weighted by molar-refractivity contribution is 5.86. The van der Waals surface area contributed by atoms with E-state index >= 15 is 0 Å². The minimum Gasteiger partial charge on any atom is -0.872 e. The quantitative estimate of drug-likeness (QED) is 0.670. The average molecular weight is 418 g/mol. The van der Waals surface area contributed by atoms with Crippen molar-refractivity contribution in [1.82, 2.24) is 0 Å².